The number of para-hydroxylation sites is 1. The van der Waals surface area contributed by atoms with Crippen LogP contribution in [-0.4, -0.2) is 5.11 Å². The zero-order valence-corrected chi connectivity index (χ0v) is 11.6. The average molecular weight is 323 g/mol. The van der Waals surface area contributed by atoms with Crippen LogP contribution in [0, 0.1) is 5.82 Å². The minimum absolute atomic E-state index is 0.325. The highest BCUT2D eigenvalue weighted by Gasteiger charge is 2.27. The van der Waals surface area contributed by atoms with Gasteiger partial charge in [0.2, 0.25) is 0 Å². The van der Waals surface area contributed by atoms with Crippen LogP contribution in [-0.2, 0) is 0 Å². The van der Waals surface area contributed by atoms with E-state index in [-0.39, 0.29) is 11.9 Å². The van der Waals surface area contributed by atoms with Gasteiger partial charge in [-0.05, 0) is 39.7 Å². The summed E-state index contributed by atoms with van der Waals surface area (Å²) in [5, 5.41) is 10.1. The molecule has 0 saturated carbocycles. The highest BCUT2D eigenvalue weighted by atomic mass is 79.9. The fraction of sp³-hybridized carbons (Fsp3) is 0.200. The monoisotopic (exact) mass is 322 g/mol. The first-order valence-electron chi connectivity index (χ1n) is 6.04. The maximum atomic E-state index is 13.6. The second kappa shape index (κ2) is 4.94. The summed E-state index contributed by atoms with van der Waals surface area (Å²) < 4.78 is 19.8. The third kappa shape index (κ3) is 2.38. The Labute approximate surface area is 119 Å². The van der Waals surface area contributed by atoms with E-state index in [0.717, 1.165) is 11.1 Å². The number of fused-ring (bicyclic) bond motifs is 1. The maximum absolute atomic E-state index is 13.6. The third-order valence-electron chi connectivity index (χ3n) is 3.30. The van der Waals surface area contributed by atoms with Crippen LogP contribution < -0.4 is 4.74 Å². The SMILES string of the molecule is O[C@@H]1CC(c2ccc(Br)c(F)c2)Oc2ccccc21. The second-order valence-corrected chi connectivity index (χ2v) is 5.42. The lowest BCUT2D eigenvalue weighted by Crippen LogP contribution is -2.19. The molecule has 2 aromatic carbocycles. The zero-order valence-electron chi connectivity index (χ0n) is 10.0. The van der Waals surface area contributed by atoms with Gasteiger partial charge >= 0.3 is 0 Å². The van der Waals surface area contributed by atoms with Crippen molar-refractivity contribution < 1.29 is 14.2 Å². The number of aliphatic hydroxyl groups is 1. The van der Waals surface area contributed by atoms with Gasteiger partial charge in [0.1, 0.15) is 17.7 Å². The van der Waals surface area contributed by atoms with Gasteiger partial charge in [-0.1, -0.05) is 24.3 Å². The Hall–Kier alpha value is -1.39. The Bertz CT molecular complexity index is 615. The summed E-state index contributed by atoms with van der Waals surface area (Å²) in [5.74, 6) is 0.337. The summed E-state index contributed by atoms with van der Waals surface area (Å²) in [7, 11) is 0. The van der Waals surface area contributed by atoms with Gasteiger partial charge in [0.05, 0.1) is 10.6 Å². The van der Waals surface area contributed by atoms with Crippen LogP contribution in [0.15, 0.2) is 46.9 Å². The summed E-state index contributed by atoms with van der Waals surface area (Å²) in [6, 6.07) is 12.3. The molecule has 4 heteroatoms. The Morgan fingerprint density at radius 1 is 1.21 bits per heavy atom. The van der Waals surface area contributed by atoms with Gasteiger partial charge in [-0.3, -0.25) is 0 Å². The van der Waals surface area contributed by atoms with E-state index in [1.54, 1.807) is 12.1 Å². The Balaban J connectivity index is 1.94. The molecule has 0 saturated heterocycles. The quantitative estimate of drug-likeness (QED) is 0.854. The highest BCUT2D eigenvalue weighted by molar-refractivity contribution is 9.10. The van der Waals surface area contributed by atoms with Crippen molar-refractivity contribution in [2.45, 2.75) is 18.6 Å². The van der Waals surface area contributed by atoms with Gasteiger partial charge in [0.25, 0.3) is 0 Å². The molecule has 0 radical (unpaired) electrons. The van der Waals surface area contributed by atoms with Gasteiger partial charge in [-0.15, -0.1) is 0 Å². The molecular formula is C15H12BrFO2. The van der Waals surface area contributed by atoms with E-state index < -0.39 is 6.10 Å². The topological polar surface area (TPSA) is 29.5 Å². The molecule has 1 aliphatic heterocycles. The van der Waals surface area contributed by atoms with E-state index in [0.29, 0.717) is 16.6 Å². The van der Waals surface area contributed by atoms with Gasteiger partial charge in [0.15, 0.2) is 0 Å². The van der Waals surface area contributed by atoms with Crippen LogP contribution in [0.1, 0.15) is 29.8 Å². The lowest BCUT2D eigenvalue weighted by molar-refractivity contribution is 0.0656. The molecule has 98 valence electrons. The van der Waals surface area contributed by atoms with E-state index in [4.69, 9.17) is 4.74 Å². The molecule has 2 nitrogen and oxygen atoms in total. The van der Waals surface area contributed by atoms with Crippen LogP contribution in [0.2, 0.25) is 0 Å². The first-order valence-corrected chi connectivity index (χ1v) is 6.83. The van der Waals surface area contributed by atoms with Crippen molar-refractivity contribution in [2.24, 2.45) is 0 Å². The summed E-state index contributed by atoms with van der Waals surface area (Å²) in [6.45, 7) is 0. The van der Waals surface area contributed by atoms with Crippen molar-refractivity contribution in [3.8, 4) is 5.75 Å². The molecule has 0 fully saturated rings. The molecule has 1 unspecified atom stereocenters. The minimum atomic E-state index is -0.582. The van der Waals surface area contributed by atoms with E-state index >= 15 is 0 Å². The van der Waals surface area contributed by atoms with Gasteiger partial charge in [-0.25, -0.2) is 4.39 Å². The lowest BCUT2D eigenvalue weighted by Gasteiger charge is -2.29. The van der Waals surface area contributed by atoms with Crippen LogP contribution in [0.25, 0.3) is 0 Å². The van der Waals surface area contributed by atoms with Gasteiger partial charge in [-0.2, -0.15) is 0 Å². The first-order chi connectivity index (χ1) is 9.15. The van der Waals surface area contributed by atoms with Crippen molar-refractivity contribution in [2.75, 3.05) is 0 Å². The molecule has 19 heavy (non-hydrogen) atoms. The molecule has 0 spiro atoms. The normalized spacial score (nSPS) is 21.6. The number of halogens is 2. The van der Waals surface area contributed by atoms with Gasteiger partial charge < -0.3 is 9.84 Å². The zero-order chi connectivity index (χ0) is 13.4. The molecule has 2 atom stereocenters. The standard InChI is InChI=1S/C15H12BrFO2/c16-11-6-5-9(7-12(11)17)15-8-13(18)10-3-1-2-4-14(10)19-15/h1-7,13,15,18H,8H2/t13-,15?/m1/s1. The molecular weight excluding hydrogens is 311 g/mol. The first kappa shape index (κ1) is 12.6. The molecule has 1 heterocycles. The number of benzene rings is 2. The predicted octanol–water partition coefficient (Wildman–Crippen LogP) is 4.15. The lowest BCUT2D eigenvalue weighted by atomic mass is 9.95. The van der Waals surface area contributed by atoms with Crippen molar-refractivity contribution in [3.63, 3.8) is 0 Å². The number of rotatable bonds is 1. The average Bonchev–Trinajstić information content (AvgIpc) is 2.42. The van der Waals surface area contributed by atoms with E-state index in [9.17, 15) is 9.50 Å². The van der Waals surface area contributed by atoms with Gasteiger partial charge in [0, 0.05) is 12.0 Å². The second-order valence-electron chi connectivity index (χ2n) is 4.57. The Morgan fingerprint density at radius 2 is 2.00 bits per heavy atom. The molecule has 1 aliphatic rings. The van der Waals surface area contributed by atoms with Crippen LogP contribution >= 0.6 is 15.9 Å². The summed E-state index contributed by atoms with van der Waals surface area (Å²) in [6.07, 6.45) is -0.480. The Kier molecular flexibility index (Phi) is 3.29. The van der Waals surface area contributed by atoms with Crippen LogP contribution in [0.4, 0.5) is 4.39 Å². The van der Waals surface area contributed by atoms with Crippen LogP contribution in [0.5, 0.6) is 5.75 Å². The molecule has 0 amide bonds. The van der Waals surface area contributed by atoms with E-state index in [1.807, 2.05) is 24.3 Å². The fourth-order valence-corrected chi connectivity index (χ4v) is 2.56. The molecule has 0 aromatic heterocycles. The minimum Gasteiger partial charge on any atom is -0.485 e. The highest BCUT2D eigenvalue weighted by Crippen LogP contribution is 2.40. The van der Waals surface area contributed by atoms with Crippen molar-refractivity contribution in [1.82, 2.24) is 0 Å². The van der Waals surface area contributed by atoms with E-state index in [1.165, 1.54) is 6.07 Å². The fourth-order valence-electron chi connectivity index (χ4n) is 2.31. The number of hydrogen-bond donors (Lipinski definition) is 1. The van der Waals surface area contributed by atoms with E-state index in [2.05, 4.69) is 15.9 Å². The van der Waals surface area contributed by atoms with Crippen molar-refractivity contribution >= 4 is 15.9 Å². The molecule has 1 N–H and O–H groups in total. The number of aliphatic hydroxyl groups excluding tert-OH is 1. The number of hydrogen-bond acceptors (Lipinski definition) is 2. The molecule has 2 aromatic rings. The number of ether oxygens (including phenoxy) is 1. The summed E-state index contributed by atoms with van der Waals surface area (Å²) in [4.78, 5) is 0. The molecule has 3 rings (SSSR count). The molecule has 0 aliphatic carbocycles. The smallest absolute Gasteiger partial charge is 0.137 e. The Morgan fingerprint density at radius 3 is 2.79 bits per heavy atom. The third-order valence-corrected chi connectivity index (χ3v) is 3.94. The largest absolute Gasteiger partial charge is 0.485 e. The maximum Gasteiger partial charge on any atom is 0.137 e. The van der Waals surface area contributed by atoms with Crippen LogP contribution in [0.3, 0.4) is 0 Å². The summed E-state index contributed by atoms with van der Waals surface area (Å²) >= 11 is 3.13. The summed E-state index contributed by atoms with van der Waals surface area (Å²) in [5.41, 5.74) is 1.52. The van der Waals surface area contributed by atoms with Crippen molar-refractivity contribution in [1.29, 1.82) is 0 Å². The van der Waals surface area contributed by atoms with Crippen molar-refractivity contribution in [3.05, 3.63) is 63.9 Å². The predicted molar refractivity (Wildman–Crippen MR) is 73.5 cm³/mol. The molecule has 0 bridgehead atoms.